The van der Waals surface area contributed by atoms with E-state index in [2.05, 4.69) is 104 Å². The average Bonchev–Trinajstić information content (AvgIpc) is 2.12. The first-order valence-corrected chi connectivity index (χ1v) is 11.3. The summed E-state index contributed by atoms with van der Waals surface area (Å²) in [6, 6.07) is 0. The fraction of sp³-hybridized carbons (Fsp3) is 1.00. The van der Waals surface area contributed by atoms with Gasteiger partial charge in [0, 0.05) is 12.8 Å². The maximum Gasteiger partial charge on any atom is 0.170 e. The van der Waals surface area contributed by atoms with Crippen molar-refractivity contribution in [3.63, 3.8) is 0 Å². The zero-order valence-electron chi connectivity index (χ0n) is 22.2. The average molecular weight is 399 g/mol. The van der Waals surface area contributed by atoms with E-state index in [1.165, 1.54) is 0 Å². The SMILES string of the molecule is CC(C)(C)CC(CC(C)(C)C)OC(CC(C)(C)C)(CC(C)(C)C)OC(C)(C)C. The van der Waals surface area contributed by atoms with Crippen LogP contribution in [0.4, 0.5) is 0 Å². The highest BCUT2D eigenvalue weighted by Crippen LogP contribution is 2.44. The van der Waals surface area contributed by atoms with E-state index in [4.69, 9.17) is 9.47 Å². The fourth-order valence-corrected chi connectivity index (χ4v) is 4.24. The maximum absolute atomic E-state index is 7.10. The molecule has 0 saturated heterocycles. The summed E-state index contributed by atoms with van der Waals surface area (Å²) in [7, 11) is 0. The molecule has 0 N–H and O–H groups in total. The molecule has 0 saturated carbocycles. The van der Waals surface area contributed by atoms with Crippen LogP contribution < -0.4 is 0 Å². The molecule has 0 bridgehead atoms. The molecule has 0 aromatic carbocycles. The lowest BCUT2D eigenvalue weighted by Crippen LogP contribution is -2.50. The van der Waals surface area contributed by atoms with Crippen molar-refractivity contribution in [1.29, 1.82) is 0 Å². The van der Waals surface area contributed by atoms with Crippen LogP contribution in [-0.2, 0) is 9.47 Å². The van der Waals surface area contributed by atoms with Crippen LogP contribution in [0.5, 0.6) is 0 Å². The minimum atomic E-state index is -0.587. The van der Waals surface area contributed by atoms with E-state index in [0.717, 1.165) is 25.7 Å². The first-order chi connectivity index (χ1) is 11.9. The highest BCUT2D eigenvalue weighted by atomic mass is 16.7. The van der Waals surface area contributed by atoms with E-state index < -0.39 is 5.79 Å². The summed E-state index contributed by atoms with van der Waals surface area (Å²) >= 11 is 0. The number of hydrogen-bond acceptors (Lipinski definition) is 2. The first-order valence-electron chi connectivity index (χ1n) is 11.3. The summed E-state index contributed by atoms with van der Waals surface area (Å²) in [6.07, 6.45) is 4.02. The first kappa shape index (κ1) is 27.9. The molecular weight excluding hydrogens is 344 g/mol. The second-order valence-electron chi connectivity index (χ2n) is 14.9. The maximum atomic E-state index is 7.10. The molecule has 0 fully saturated rings. The Morgan fingerprint density at radius 3 is 1.04 bits per heavy atom. The Labute approximate surface area is 178 Å². The van der Waals surface area contributed by atoms with Gasteiger partial charge in [-0.25, -0.2) is 0 Å². The summed E-state index contributed by atoms with van der Waals surface area (Å²) in [5.74, 6) is -0.587. The second kappa shape index (κ2) is 8.96. The number of ether oxygens (including phenoxy) is 2. The number of hydrogen-bond donors (Lipinski definition) is 0. The lowest BCUT2D eigenvalue weighted by atomic mass is 9.78. The topological polar surface area (TPSA) is 18.5 Å². The van der Waals surface area contributed by atoms with E-state index in [9.17, 15) is 0 Å². The van der Waals surface area contributed by atoms with Crippen molar-refractivity contribution < 1.29 is 9.47 Å². The molecule has 0 aliphatic heterocycles. The zero-order chi connectivity index (χ0) is 22.8. The van der Waals surface area contributed by atoms with E-state index in [0.29, 0.717) is 0 Å². The van der Waals surface area contributed by atoms with Crippen molar-refractivity contribution in [3.05, 3.63) is 0 Å². The van der Waals surface area contributed by atoms with Gasteiger partial charge in [0.15, 0.2) is 5.79 Å². The number of rotatable bonds is 7. The van der Waals surface area contributed by atoms with Gasteiger partial charge in [-0.05, 0) is 55.3 Å². The van der Waals surface area contributed by atoms with Crippen LogP contribution in [0.3, 0.4) is 0 Å². The van der Waals surface area contributed by atoms with Gasteiger partial charge < -0.3 is 9.47 Å². The van der Waals surface area contributed by atoms with Gasteiger partial charge in [-0.1, -0.05) is 83.1 Å². The van der Waals surface area contributed by atoms with E-state index in [1.54, 1.807) is 0 Å². The molecule has 2 nitrogen and oxygen atoms in total. The smallest absolute Gasteiger partial charge is 0.170 e. The molecule has 0 aliphatic rings. The van der Waals surface area contributed by atoms with E-state index in [-0.39, 0.29) is 33.4 Å². The summed E-state index contributed by atoms with van der Waals surface area (Å²) in [4.78, 5) is 0. The predicted molar refractivity (Wildman–Crippen MR) is 125 cm³/mol. The molecule has 0 radical (unpaired) electrons. The van der Waals surface area contributed by atoms with Crippen molar-refractivity contribution in [1.82, 2.24) is 0 Å². The third kappa shape index (κ3) is 14.9. The molecule has 2 heteroatoms. The van der Waals surface area contributed by atoms with Gasteiger partial charge in [0.25, 0.3) is 0 Å². The van der Waals surface area contributed by atoms with Crippen LogP contribution in [0.2, 0.25) is 0 Å². The Morgan fingerprint density at radius 2 is 0.821 bits per heavy atom. The summed E-state index contributed by atoms with van der Waals surface area (Å²) in [5, 5.41) is 0. The zero-order valence-corrected chi connectivity index (χ0v) is 22.2. The molecule has 0 amide bonds. The van der Waals surface area contributed by atoms with Crippen LogP contribution in [0.15, 0.2) is 0 Å². The van der Waals surface area contributed by atoms with Crippen LogP contribution >= 0.6 is 0 Å². The second-order valence-corrected chi connectivity index (χ2v) is 14.9. The Morgan fingerprint density at radius 1 is 0.500 bits per heavy atom. The molecule has 28 heavy (non-hydrogen) atoms. The van der Waals surface area contributed by atoms with Crippen LogP contribution in [0, 0.1) is 21.7 Å². The molecular formula is C26H54O2. The molecule has 0 spiro atoms. The molecule has 0 aliphatic carbocycles. The third-order valence-corrected chi connectivity index (χ3v) is 4.15. The Bertz CT molecular complexity index is 398. The van der Waals surface area contributed by atoms with Gasteiger partial charge in [-0.15, -0.1) is 0 Å². The summed E-state index contributed by atoms with van der Waals surface area (Å²) in [5.41, 5.74) is 0.402. The van der Waals surface area contributed by atoms with Crippen LogP contribution in [0.1, 0.15) is 130 Å². The van der Waals surface area contributed by atoms with Gasteiger partial charge in [0.05, 0.1) is 11.7 Å². The molecule has 170 valence electrons. The quantitative estimate of drug-likeness (QED) is 0.399. The highest BCUT2D eigenvalue weighted by molar-refractivity contribution is 4.88. The lowest BCUT2D eigenvalue weighted by Gasteiger charge is -2.48. The Kier molecular flexibility index (Phi) is 8.94. The van der Waals surface area contributed by atoms with Crippen molar-refractivity contribution in [2.75, 3.05) is 0 Å². The molecule has 0 atom stereocenters. The minimum Gasteiger partial charge on any atom is -0.347 e. The predicted octanol–water partition coefficient (Wildman–Crippen LogP) is 8.63. The van der Waals surface area contributed by atoms with E-state index in [1.807, 2.05) is 0 Å². The largest absolute Gasteiger partial charge is 0.347 e. The Hall–Kier alpha value is -0.0800. The molecule has 0 aromatic heterocycles. The highest BCUT2D eigenvalue weighted by Gasteiger charge is 2.45. The summed E-state index contributed by atoms with van der Waals surface area (Å²) < 4.78 is 13.9. The monoisotopic (exact) mass is 398 g/mol. The van der Waals surface area contributed by atoms with Gasteiger partial charge in [0.2, 0.25) is 0 Å². The normalized spacial score (nSPS) is 15.4. The third-order valence-electron chi connectivity index (χ3n) is 4.15. The molecule has 0 rings (SSSR count). The van der Waals surface area contributed by atoms with Gasteiger partial charge >= 0.3 is 0 Å². The lowest BCUT2D eigenvalue weighted by molar-refractivity contribution is -0.321. The van der Waals surface area contributed by atoms with Gasteiger partial charge in [-0.2, -0.15) is 0 Å². The van der Waals surface area contributed by atoms with Gasteiger partial charge in [0.1, 0.15) is 0 Å². The molecule has 0 heterocycles. The molecule has 0 aromatic rings. The van der Waals surface area contributed by atoms with E-state index >= 15 is 0 Å². The van der Waals surface area contributed by atoms with Crippen LogP contribution in [-0.4, -0.2) is 17.5 Å². The Balaban J connectivity index is 6.17. The minimum absolute atomic E-state index is 0.116. The van der Waals surface area contributed by atoms with Crippen LogP contribution in [0.25, 0.3) is 0 Å². The molecule has 0 unspecified atom stereocenters. The van der Waals surface area contributed by atoms with Crippen molar-refractivity contribution >= 4 is 0 Å². The van der Waals surface area contributed by atoms with Crippen molar-refractivity contribution in [3.8, 4) is 0 Å². The van der Waals surface area contributed by atoms with Crippen molar-refractivity contribution in [2.24, 2.45) is 21.7 Å². The fourth-order valence-electron chi connectivity index (χ4n) is 4.24. The standard InChI is InChI=1S/C26H54O2/c1-21(2,3)16-20(17-22(4,5)6)27-26(18-23(7,8)9,19-24(10,11)12)28-25(13,14)15/h20H,16-19H2,1-15H3. The van der Waals surface area contributed by atoms with Crippen molar-refractivity contribution in [2.45, 2.75) is 147 Å². The summed E-state index contributed by atoms with van der Waals surface area (Å²) in [6.45, 7) is 34.1. The van der Waals surface area contributed by atoms with Gasteiger partial charge in [-0.3, -0.25) is 0 Å².